The van der Waals surface area contributed by atoms with Crippen molar-refractivity contribution in [2.24, 2.45) is 0 Å². The third kappa shape index (κ3) is 4.32. The molecular formula is C46H27N3OS. The number of fused-ring (bicyclic) bond motifs is 9. The summed E-state index contributed by atoms with van der Waals surface area (Å²) < 4.78 is 11.3. The molecule has 0 saturated carbocycles. The summed E-state index contributed by atoms with van der Waals surface area (Å²) in [5.41, 5.74) is 10.0. The summed E-state index contributed by atoms with van der Waals surface area (Å²) in [5.74, 6) is 0.634. The normalized spacial score (nSPS) is 11.9. The SMILES string of the molecule is c1cc(-c2cccc(-n3c4ccccc4c4ccccc43)c2)cc(-c2nc(-c3cccc4c3sc3ccccc34)c3c(n2)oc2ccccc23)c1. The Morgan fingerprint density at radius 3 is 1.94 bits per heavy atom. The van der Waals surface area contributed by atoms with Crippen LogP contribution in [0, 0.1) is 0 Å². The van der Waals surface area contributed by atoms with E-state index < -0.39 is 0 Å². The molecular weight excluding hydrogens is 643 g/mol. The summed E-state index contributed by atoms with van der Waals surface area (Å²) >= 11 is 1.81. The van der Waals surface area contributed by atoms with E-state index in [1.807, 2.05) is 29.5 Å². The molecule has 11 rings (SSSR count). The van der Waals surface area contributed by atoms with Crippen molar-refractivity contribution in [1.82, 2.24) is 14.5 Å². The van der Waals surface area contributed by atoms with Crippen molar-refractivity contribution in [3.05, 3.63) is 164 Å². The summed E-state index contributed by atoms with van der Waals surface area (Å²) in [7, 11) is 0. The monoisotopic (exact) mass is 669 g/mol. The number of nitrogens with zero attached hydrogens (tertiary/aromatic N) is 3. The van der Waals surface area contributed by atoms with Crippen LogP contribution in [0.15, 0.2) is 168 Å². The smallest absolute Gasteiger partial charge is 0.231 e. The molecule has 0 saturated heterocycles. The quantitative estimate of drug-likeness (QED) is 0.187. The summed E-state index contributed by atoms with van der Waals surface area (Å²) in [6.07, 6.45) is 0. The van der Waals surface area contributed by atoms with Gasteiger partial charge in [0.15, 0.2) is 5.82 Å². The molecule has 0 aliphatic rings. The molecule has 5 heteroatoms. The van der Waals surface area contributed by atoms with Crippen molar-refractivity contribution < 1.29 is 4.42 Å². The van der Waals surface area contributed by atoms with Crippen LogP contribution in [0.5, 0.6) is 0 Å². The molecule has 0 spiro atoms. The van der Waals surface area contributed by atoms with Gasteiger partial charge in [-0.05, 0) is 53.6 Å². The van der Waals surface area contributed by atoms with Gasteiger partial charge in [-0.25, -0.2) is 4.98 Å². The minimum atomic E-state index is 0.591. The first kappa shape index (κ1) is 28.3. The van der Waals surface area contributed by atoms with Crippen LogP contribution >= 0.6 is 11.3 Å². The van der Waals surface area contributed by atoms with E-state index in [-0.39, 0.29) is 0 Å². The molecule has 4 heterocycles. The fourth-order valence-corrected chi connectivity index (χ4v) is 8.96. The van der Waals surface area contributed by atoms with Crippen LogP contribution in [0.2, 0.25) is 0 Å². The van der Waals surface area contributed by atoms with Gasteiger partial charge in [0.1, 0.15) is 5.58 Å². The summed E-state index contributed by atoms with van der Waals surface area (Å²) in [4.78, 5) is 10.5. The number of rotatable bonds is 4. The van der Waals surface area contributed by atoms with E-state index >= 15 is 0 Å². The number of aromatic nitrogens is 3. The molecule has 0 aliphatic heterocycles. The molecule has 4 nitrogen and oxygen atoms in total. The molecule has 0 atom stereocenters. The van der Waals surface area contributed by atoms with E-state index in [1.165, 1.54) is 42.0 Å². The highest BCUT2D eigenvalue weighted by Gasteiger charge is 2.21. The first-order valence-corrected chi connectivity index (χ1v) is 17.9. The predicted octanol–water partition coefficient (Wildman–Crippen LogP) is 12.8. The first-order chi connectivity index (χ1) is 25.3. The van der Waals surface area contributed by atoms with Gasteiger partial charge in [0.25, 0.3) is 0 Å². The minimum Gasteiger partial charge on any atom is -0.438 e. The molecule has 0 radical (unpaired) electrons. The number of hydrogen-bond acceptors (Lipinski definition) is 4. The van der Waals surface area contributed by atoms with Crippen molar-refractivity contribution in [2.45, 2.75) is 0 Å². The predicted molar refractivity (Wildman–Crippen MR) is 213 cm³/mol. The molecule has 0 fully saturated rings. The van der Waals surface area contributed by atoms with Crippen LogP contribution in [0.25, 0.3) is 104 Å². The molecule has 0 unspecified atom stereocenters. The van der Waals surface area contributed by atoms with Crippen LogP contribution in [-0.4, -0.2) is 14.5 Å². The Morgan fingerprint density at radius 2 is 1.12 bits per heavy atom. The summed E-state index contributed by atoms with van der Waals surface area (Å²) in [6.45, 7) is 0. The highest BCUT2D eigenvalue weighted by atomic mass is 32.1. The number of hydrogen-bond donors (Lipinski definition) is 0. The van der Waals surface area contributed by atoms with Crippen molar-refractivity contribution in [3.63, 3.8) is 0 Å². The van der Waals surface area contributed by atoms with Gasteiger partial charge in [-0.15, -0.1) is 11.3 Å². The zero-order valence-electron chi connectivity index (χ0n) is 27.2. The van der Waals surface area contributed by atoms with Crippen molar-refractivity contribution in [2.75, 3.05) is 0 Å². The second kappa shape index (κ2) is 11.0. The Hall–Kier alpha value is -6.56. The number of furan rings is 1. The second-order valence-electron chi connectivity index (χ2n) is 13.0. The third-order valence-corrected chi connectivity index (χ3v) is 11.3. The van der Waals surface area contributed by atoms with Crippen LogP contribution in [-0.2, 0) is 0 Å². The second-order valence-corrected chi connectivity index (χ2v) is 14.0. The zero-order valence-corrected chi connectivity index (χ0v) is 28.1. The molecule has 7 aromatic carbocycles. The van der Waals surface area contributed by atoms with Crippen LogP contribution in [0.3, 0.4) is 0 Å². The van der Waals surface area contributed by atoms with E-state index in [2.05, 4.69) is 150 Å². The van der Waals surface area contributed by atoms with Gasteiger partial charge < -0.3 is 8.98 Å². The van der Waals surface area contributed by atoms with Crippen molar-refractivity contribution >= 4 is 75.4 Å². The van der Waals surface area contributed by atoms with Gasteiger partial charge in [0.2, 0.25) is 5.71 Å². The highest BCUT2D eigenvalue weighted by molar-refractivity contribution is 7.26. The van der Waals surface area contributed by atoms with Crippen LogP contribution in [0.1, 0.15) is 0 Å². The van der Waals surface area contributed by atoms with E-state index in [9.17, 15) is 0 Å². The van der Waals surface area contributed by atoms with Gasteiger partial charge in [0.05, 0.1) is 22.1 Å². The first-order valence-electron chi connectivity index (χ1n) is 17.1. The zero-order chi connectivity index (χ0) is 33.5. The molecule has 11 aromatic rings. The Kier molecular flexibility index (Phi) is 6.09. The lowest BCUT2D eigenvalue weighted by Gasteiger charge is -2.11. The van der Waals surface area contributed by atoms with Crippen molar-refractivity contribution in [3.8, 4) is 39.5 Å². The van der Waals surface area contributed by atoms with Gasteiger partial charge in [0, 0.05) is 53.1 Å². The van der Waals surface area contributed by atoms with Crippen molar-refractivity contribution in [1.29, 1.82) is 0 Å². The number of thiophene rings is 1. The van der Waals surface area contributed by atoms with E-state index in [0.717, 1.165) is 50.0 Å². The van der Waals surface area contributed by atoms with Gasteiger partial charge >= 0.3 is 0 Å². The van der Waals surface area contributed by atoms with Gasteiger partial charge in [-0.1, -0.05) is 121 Å². The molecule has 238 valence electrons. The molecule has 51 heavy (non-hydrogen) atoms. The Balaban J connectivity index is 1.10. The number of benzene rings is 7. The molecule has 0 bridgehead atoms. The van der Waals surface area contributed by atoms with E-state index in [0.29, 0.717) is 11.5 Å². The van der Waals surface area contributed by atoms with E-state index in [1.54, 1.807) is 0 Å². The fourth-order valence-electron chi connectivity index (χ4n) is 7.74. The van der Waals surface area contributed by atoms with Crippen LogP contribution in [0.4, 0.5) is 0 Å². The number of para-hydroxylation sites is 3. The molecule has 0 N–H and O–H groups in total. The minimum absolute atomic E-state index is 0.591. The fraction of sp³-hybridized carbons (Fsp3) is 0. The Morgan fingerprint density at radius 1 is 0.490 bits per heavy atom. The van der Waals surface area contributed by atoms with Gasteiger partial charge in [-0.2, -0.15) is 4.98 Å². The topological polar surface area (TPSA) is 43.9 Å². The largest absolute Gasteiger partial charge is 0.438 e. The standard InChI is InChI=1S/C46H27N3OS/c1-5-22-38-32(16-1)33-17-2-6-23-39(33)49(38)31-15-10-13-29(27-31)28-12-9-14-30(26-28)45-47-43(42-36-19-3-7-24-40(36)50-46(42)48-45)37-21-11-20-35-34-18-4-8-25-41(34)51-44(35)37/h1-27H. The van der Waals surface area contributed by atoms with Crippen LogP contribution < -0.4 is 0 Å². The maximum Gasteiger partial charge on any atom is 0.231 e. The average Bonchev–Trinajstić information content (AvgIpc) is 3.87. The molecule has 4 aromatic heterocycles. The summed E-state index contributed by atoms with van der Waals surface area (Å²) in [6, 6.07) is 57.9. The maximum absolute atomic E-state index is 6.44. The molecule has 0 aliphatic carbocycles. The van der Waals surface area contributed by atoms with E-state index in [4.69, 9.17) is 14.4 Å². The molecule has 0 amide bonds. The maximum atomic E-state index is 6.44. The summed E-state index contributed by atoms with van der Waals surface area (Å²) in [5, 5.41) is 6.95. The lowest BCUT2D eigenvalue weighted by molar-refractivity contribution is 0.653. The lowest BCUT2D eigenvalue weighted by atomic mass is 10.0. The highest BCUT2D eigenvalue weighted by Crippen LogP contribution is 2.43. The average molecular weight is 670 g/mol. The lowest BCUT2D eigenvalue weighted by Crippen LogP contribution is -1.95. The Bertz CT molecular complexity index is 3110. The Labute approximate surface area is 296 Å². The third-order valence-electron chi connectivity index (χ3n) is 10.0. The van der Waals surface area contributed by atoms with Gasteiger partial charge in [-0.3, -0.25) is 0 Å².